The number of fused-ring (bicyclic) bond motifs is 1. The third-order valence-electron chi connectivity index (χ3n) is 3.85. The van der Waals surface area contributed by atoms with Crippen LogP contribution in [0.15, 0.2) is 42.5 Å². The van der Waals surface area contributed by atoms with Crippen LogP contribution in [0.3, 0.4) is 0 Å². The van der Waals surface area contributed by atoms with Gasteiger partial charge in [-0.25, -0.2) is 0 Å². The summed E-state index contributed by atoms with van der Waals surface area (Å²) in [6, 6.07) is 11.8. The number of halogens is 1. The summed E-state index contributed by atoms with van der Waals surface area (Å²) in [4.78, 5) is 36.0. The lowest BCUT2D eigenvalue weighted by Crippen LogP contribution is -2.28. The smallest absolute Gasteiger partial charge is 0.306 e. The molecule has 0 aromatic heterocycles. The summed E-state index contributed by atoms with van der Waals surface area (Å²) >= 11 is 5.84. The van der Waals surface area contributed by atoms with Crippen molar-refractivity contribution in [1.29, 1.82) is 0 Å². The standard InChI is InChI=1S/C19H15ClO5/c1-2-16(21)25-19-17(22)14-8-7-13(9-15(14)18(19)23)24-10-11-3-5-12(20)6-4-11/h3-9,19H,2,10H2,1H3. The van der Waals surface area contributed by atoms with Gasteiger partial charge in [0.25, 0.3) is 0 Å². The first-order valence-electron chi connectivity index (χ1n) is 7.78. The molecule has 5 nitrogen and oxygen atoms in total. The second-order valence-corrected chi connectivity index (χ2v) is 6.01. The van der Waals surface area contributed by atoms with E-state index >= 15 is 0 Å². The lowest BCUT2D eigenvalue weighted by Gasteiger charge is -2.08. The summed E-state index contributed by atoms with van der Waals surface area (Å²) < 4.78 is 10.6. The first kappa shape index (κ1) is 17.2. The Hall–Kier alpha value is -2.66. The minimum absolute atomic E-state index is 0.100. The average Bonchev–Trinajstić information content (AvgIpc) is 2.85. The molecule has 1 aliphatic rings. The van der Waals surface area contributed by atoms with Gasteiger partial charge in [-0.15, -0.1) is 0 Å². The van der Waals surface area contributed by atoms with Crippen LogP contribution >= 0.6 is 11.6 Å². The van der Waals surface area contributed by atoms with E-state index in [-0.39, 0.29) is 17.5 Å². The Balaban J connectivity index is 1.75. The van der Waals surface area contributed by atoms with Crippen LogP contribution in [0, 0.1) is 0 Å². The third-order valence-corrected chi connectivity index (χ3v) is 4.11. The summed E-state index contributed by atoms with van der Waals surface area (Å²) in [6.45, 7) is 1.90. The fourth-order valence-corrected chi connectivity index (χ4v) is 2.63. The van der Waals surface area contributed by atoms with Gasteiger partial charge in [0.15, 0.2) is 0 Å². The Bertz CT molecular complexity index is 841. The van der Waals surface area contributed by atoms with Gasteiger partial charge < -0.3 is 9.47 Å². The van der Waals surface area contributed by atoms with E-state index < -0.39 is 23.6 Å². The maximum atomic E-state index is 12.4. The first-order chi connectivity index (χ1) is 12.0. The molecule has 1 aliphatic carbocycles. The molecule has 3 rings (SSSR count). The Morgan fingerprint density at radius 3 is 2.40 bits per heavy atom. The van der Waals surface area contributed by atoms with Crippen molar-refractivity contribution in [1.82, 2.24) is 0 Å². The molecule has 0 saturated heterocycles. The lowest BCUT2D eigenvalue weighted by molar-refractivity contribution is -0.144. The Kier molecular flexibility index (Phi) is 4.86. The van der Waals surface area contributed by atoms with Crippen LogP contribution in [-0.2, 0) is 16.1 Å². The highest BCUT2D eigenvalue weighted by molar-refractivity contribution is 6.30. The monoisotopic (exact) mass is 358 g/mol. The van der Waals surface area contributed by atoms with Crippen LogP contribution in [0.1, 0.15) is 39.6 Å². The van der Waals surface area contributed by atoms with Crippen molar-refractivity contribution in [2.24, 2.45) is 0 Å². The topological polar surface area (TPSA) is 69.7 Å². The summed E-state index contributed by atoms with van der Waals surface area (Å²) in [5, 5.41) is 0.637. The van der Waals surface area contributed by atoms with Gasteiger partial charge in [0.05, 0.1) is 0 Å². The van der Waals surface area contributed by atoms with Gasteiger partial charge in [0.2, 0.25) is 17.7 Å². The second kappa shape index (κ2) is 7.07. The zero-order valence-corrected chi connectivity index (χ0v) is 14.2. The number of rotatable bonds is 5. The molecule has 0 saturated carbocycles. The molecule has 1 unspecified atom stereocenters. The predicted octanol–water partition coefficient (Wildman–Crippen LogP) is 3.62. The molecule has 128 valence electrons. The number of hydrogen-bond donors (Lipinski definition) is 0. The van der Waals surface area contributed by atoms with E-state index in [1.807, 2.05) is 12.1 Å². The van der Waals surface area contributed by atoms with Crippen molar-refractivity contribution in [2.45, 2.75) is 26.1 Å². The quantitative estimate of drug-likeness (QED) is 0.603. The van der Waals surface area contributed by atoms with Crippen LogP contribution < -0.4 is 4.74 Å². The molecule has 2 aromatic rings. The van der Waals surface area contributed by atoms with Crippen LogP contribution in [0.5, 0.6) is 5.75 Å². The van der Waals surface area contributed by atoms with Crippen molar-refractivity contribution in [3.05, 3.63) is 64.2 Å². The third kappa shape index (κ3) is 3.56. The van der Waals surface area contributed by atoms with Gasteiger partial charge in [-0.3, -0.25) is 14.4 Å². The molecule has 2 aromatic carbocycles. The van der Waals surface area contributed by atoms with Crippen molar-refractivity contribution < 1.29 is 23.9 Å². The molecule has 6 heteroatoms. The molecule has 0 spiro atoms. The van der Waals surface area contributed by atoms with Crippen LogP contribution in [0.25, 0.3) is 0 Å². The molecule has 0 fully saturated rings. The molecule has 1 atom stereocenters. The minimum atomic E-state index is -1.38. The van der Waals surface area contributed by atoms with Crippen molar-refractivity contribution in [3.63, 3.8) is 0 Å². The minimum Gasteiger partial charge on any atom is -0.489 e. The molecule has 0 radical (unpaired) electrons. The molecule has 25 heavy (non-hydrogen) atoms. The van der Waals surface area contributed by atoms with Gasteiger partial charge in [0, 0.05) is 22.6 Å². The largest absolute Gasteiger partial charge is 0.489 e. The fourth-order valence-electron chi connectivity index (χ4n) is 2.50. The van der Waals surface area contributed by atoms with Crippen LogP contribution in [0.4, 0.5) is 0 Å². The van der Waals surface area contributed by atoms with E-state index in [0.29, 0.717) is 17.4 Å². The van der Waals surface area contributed by atoms with E-state index in [1.165, 1.54) is 12.1 Å². The fraction of sp³-hybridized carbons (Fsp3) is 0.211. The van der Waals surface area contributed by atoms with E-state index in [4.69, 9.17) is 21.1 Å². The number of ether oxygens (including phenoxy) is 2. The summed E-state index contributed by atoms with van der Waals surface area (Å²) in [5.41, 5.74) is 1.38. The number of ketones is 2. The lowest BCUT2D eigenvalue weighted by atomic mass is 10.1. The summed E-state index contributed by atoms with van der Waals surface area (Å²) in [5.74, 6) is -1.14. The highest BCUT2D eigenvalue weighted by atomic mass is 35.5. The zero-order chi connectivity index (χ0) is 18.0. The maximum absolute atomic E-state index is 12.4. The van der Waals surface area contributed by atoms with E-state index in [9.17, 15) is 14.4 Å². The number of carbonyl (C=O) groups is 3. The number of hydrogen-bond acceptors (Lipinski definition) is 5. The van der Waals surface area contributed by atoms with Gasteiger partial charge in [-0.2, -0.15) is 0 Å². The Morgan fingerprint density at radius 2 is 1.72 bits per heavy atom. The molecule has 0 bridgehead atoms. The number of Topliss-reactive ketones (excluding diaryl/α,β-unsaturated/α-hetero) is 2. The highest BCUT2D eigenvalue weighted by Crippen LogP contribution is 2.28. The summed E-state index contributed by atoms with van der Waals surface area (Å²) in [6.07, 6.45) is -1.28. The van der Waals surface area contributed by atoms with E-state index in [1.54, 1.807) is 25.1 Å². The normalized spacial score (nSPS) is 15.8. The van der Waals surface area contributed by atoms with E-state index in [0.717, 1.165) is 5.56 Å². The number of benzene rings is 2. The Labute approximate surface area is 149 Å². The first-order valence-corrected chi connectivity index (χ1v) is 8.16. The molecular formula is C19H15ClO5. The highest BCUT2D eigenvalue weighted by Gasteiger charge is 2.41. The number of carbonyl (C=O) groups excluding carboxylic acids is 3. The van der Waals surface area contributed by atoms with Crippen LogP contribution in [0.2, 0.25) is 5.02 Å². The van der Waals surface area contributed by atoms with Crippen LogP contribution in [-0.4, -0.2) is 23.6 Å². The predicted molar refractivity (Wildman–Crippen MR) is 91.1 cm³/mol. The van der Waals surface area contributed by atoms with Crippen molar-refractivity contribution in [3.8, 4) is 5.75 Å². The summed E-state index contributed by atoms with van der Waals surface area (Å²) in [7, 11) is 0. The molecule has 0 heterocycles. The van der Waals surface area contributed by atoms with Crippen molar-refractivity contribution in [2.75, 3.05) is 0 Å². The average molecular weight is 359 g/mol. The molecule has 0 N–H and O–H groups in total. The molecular weight excluding hydrogens is 344 g/mol. The number of esters is 1. The van der Waals surface area contributed by atoms with Gasteiger partial charge in [-0.1, -0.05) is 30.7 Å². The molecule has 0 amide bonds. The Morgan fingerprint density at radius 1 is 1.04 bits per heavy atom. The zero-order valence-electron chi connectivity index (χ0n) is 13.5. The maximum Gasteiger partial charge on any atom is 0.306 e. The van der Waals surface area contributed by atoms with Gasteiger partial charge in [-0.05, 0) is 35.9 Å². The molecule has 0 aliphatic heterocycles. The van der Waals surface area contributed by atoms with Crippen molar-refractivity contribution >= 4 is 29.1 Å². The van der Waals surface area contributed by atoms with Gasteiger partial charge >= 0.3 is 5.97 Å². The SMILES string of the molecule is CCC(=O)OC1C(=O)c2ccc(OCc3ccc(Cl)cc3)cc2C1=O. The van der Waals surface area contributed by atoms with E-state index in [2.05, 4.69) is 0 Å². The van der Waals surface area contributed by atoms with Gasteiger partial charge in [0.1, 0.15) is 12.4 Å². The second-order valence-electron chi connectivity index (χ2n) is 5.57.